The van der Waals surface area contributed by atoms with E-state index in [1.54, 1.807) is 26.0 Å². The molecular weight excluding hydrogens is 278 g/mol. The SMILES string of the molecule is CCC(C(=O)O)N(C)Cc1csc(CC(=O)N(C)C)n1. The minimum atomic E-state index is -0.826. The van der Waals surface area contributed by atoms with Gasteiger partial charge in [-0.2, -0.15) is 0 Å². The van der Waals surface area contributed by atoms with Crippen molar-refractivity contribution in [3.63, 3.8) is 0 Å². The molecule has 0 saturated heterocycles. The predicted octanol–water partition coefficient (Wildman–Crippen LogP) is 1.07. The zero-order chi connectivity index (χ0) is 15.3. The van der Waals surface area contributed by atoms with Gasteiger partial charge in [-0.25, -0.2) is 4.98 Å². The Bertz CT molecular complexity index is 473. The van der Waals surface area contributed by atoms with Crippen LogP contribution < -0.4 is 0 Å². The van der Waals surface area contributed by atoms with Crippen molar-refractivity contribution in [2.75, 3.05) is 21.1 Å². The summed E-state index contributed by atoms with van der Waals surface area (Å²) in [6, 6.07) is -0.511. The Morgan fingerprint density at radius 3 is 2.55 bits per heavy atom. The highest BCUT2D eigenvalue weighted by Gasteiger charge is 2.21. The van der Waals surface area contributed by atoms with E-state index < -0.39 is 12.0 Å². The van der Waals surface area contributed by atoms with Gasteiger partial charge in [-0.1, -0.05) is 6.92 Å². The standard InChI is InChI=1S/C13H21N3O3S/c1-5-10(13(18)19)16(4)7-9-8-20-11(14-9)6-12(17)15(2)3/h8,10H,5-7H2,1-4H3,(H,18,19). The zero-order valence-electron chi connectivity index (χ0n) is 12.3. The minimum Gasteiger partial charge on any atom is -0.480 e. The molecule has 0 bridgehead atoms. The third kappa shape index (κ3) is 4.57. The Balaban J connectivity index is 2.64. The molecule has 1 heterocycles. The number of aliphatic carboxylic acids is 1. The average Bonchev–Trinajstić information content (AvgIpc) is 2.76. The molecule has 0 saturated carbocycles. The summed E-state index contributed by atoms with van der Waals surface area (Å²) < 4.78 is 0. The first kappa shape index (κ1) is 16.6. The van der Waals surface area contributed by atoms with Gasteiger partial charge in [0.05, 0.1) is 12.1 Å². The molecule has 1 aromatic heterocycles. The highest BCUT2D eigenvalue weighted by molar-refractivity contribution is 7.09. The molecule has 20 heavy (non-hydrogen) atoms. The van der Waals surface area contributed by atoms with Crippen LogP contribution in [-0.4, -0.2) is 59.0 Å². The van der Waals surface area contributed by atoms with Gasteiger partial charge in [0.15, 0.2) is 0 Å². The van der Waals surface area contributed by atoms with Gasteiger partial charge in [0, 0.05) is 26.0 Å². The van der Waals surface area contributed by atoms with Gasteiger partial charge >= 0.3 is 5.97 Å². The average molecular weight is 299 g/mol. The van der Waals surface area contributed by atoms with Crippen LogP contribution in [0.1, 0.15) is 24.0 Å². The number of carbonyl (C=O) groups is 2. The summed E-state index contributed by atoms with van der Waals surface area (Å²) in [6.07, 6.45) is 0.833. The van der Waals surface area contributed by atoms with Crippen LogP contribution in [0, 0.1) is 0 Å². The maximum Gasteiger partial charge on any atom is 0.320 e. The number of rotatable bonds is 7. The number of carboxylic acids is 1. The monoisotopic (exact) mass is 299 g/mol. The molecule has 0 aliphatic carbocycles. The Kier molecular flexibility index (Phi) is 6.09. The van der Waals surface area contributed by atoms with Crippen molar-refractivity contribution >= 4 is 23.2 Å². The molecule has 6 nitrogen and oxygen atoms in total. The summed E-state index contributed by atoms with van der Waals surface area (Å²) in [5.74, 6) is -0.815. The number of carbonyl (C=O) groups excluding carboxylic acids is 1. The van der Waals surface area contributed by atoms with Crippen LogP contribution in [0.5, 0.6) is 0 Å². The van der Waals surface area contributed by atoms with E-state index in [4.69, 9.17) is 5.11 Å². The molecule has 1 N–H and O–H groups in total. The van der Waals surface area contributed by atoms with E-state index >= 15 is 0 Å². The largest absolute Gasteiger partial charge is 0.480 e. The Morgan fingerprint density at radius 1 is 1.40 bits per heavy atom. The van der Waals surface area contributed by atoms with Crippen LogP contribution >= 0.6 is 11.3 Å². The van der Waals surface area contributed by atoms with Gasteiger partial charge in [0.2, 0.25) is 5.91 Å². The number of likely N-dealkylation sites (N-methyl/N-ethyl adjacent to an activating group) is 2. The van der Waals surface area contributed by atoms with Gasteiger partial charge in [-0.15, -0.1) is 11.3 Å². The van der Waals surface area contributed by atoms with E-state index in [0.717, 1.165) is 10.7 Å². The number of thiazole rings is 1. The second kappa shape index (κ2) is 7.35. The Labute approximate surface area is 123 Å². The molecule has 0 aliphatic heterocycles. The molecule has 0 aliphatic rings. The fourth-order valence-electron chi connectivity index (χ4n) is 1.83. The second-order valence-electron chi connectivity index (χ2n) is 4.87. The lowest BCUT2D eigenvalue weighted by atomic mass is 10.2. The van der Waals surface area contributed by atoms with Crippen molar-refractivity contribution < 1.29 is 14.7 Å². The maximum atomic E-state index is 11.6. The first-order chi connectivity index (χ1) is 9.35. The van der Waals surface area contributed by atoms with Crippen molar-refractivity contribution in [2.45, 2.75) is 32.4 Å². The quantitative estimate of drug-likeness (QED) is 0.815. The normalized spacial score (nSPS) is 12.4. The van der Waals surface area contributed by atoms with Gasteiger partial charge in [-0.3, -0.25) is 14.5 Å². The van der Waals surface area contributed by atoms with Crippen molar-refractivity contribution in [3.05, 3.63) is 16.1 Å². The van der Waals surface area contributed by atoms with E-state index in [0.29, 0.717) is 13.0 Å². The lowest BCUT2D eigenvalue weighted by Crippen LogP contribution is -2.37. The molecule has 1 rings (SSSR count). The zero-order valence-corrected chi connectivity index (χ0v) is 13.1. The summed E-state index contributed by atoms with van der Waals surface area (Å²) in [4.78, 5) is 30.3. The van der Waals surface area contributed by atoms with Gasteiger partial charge in [-0.05, 0) is 13.5 Å². The van der Waals surface area contributed by atoms with Crippen LogP contribution in [0.4, 0.5) is 0 Å². The molecule has 112 valence electrons. The smallest absolute Gasteiger partial charge is 0.320 e. The molecule has 1 unspecified atom stereocenters. The second-order valence-corrected chi connectivity index (χ2v) is 5.82. The van der Waals surface area contributed by atoms with Crippen LogP contribution in [0.25, 0.3) is 0 Å². The van der Waals surface area contributed by atoms with Gasteiger partial charge in [0.1, 0.15) is 11.0 Å². The Hall–Kier alpha value is -1.47. The maximum absolute atomic E-state index is 11.6. The number of carboxylic acid groups (broad SMARTS) is 1. The van der Waals surface area contributed by atoms with Crippen LogP contribution in [0.3, 0.4) is 0 Å². The third-order valence-corrected chi connectivity index (χ3v) is 3.91. The van der Waals surface area contributed by atoms with Crippen molar-refractivity contribution in [3.8, 4) is 0 Å². The molecule has 0 spiro atoms. The van der Waals surface area contributed by atoms with E-state index in [-0.39, 0.29) is 12.3 Å². The van der Waals surface area contributed by atoms with E-state index in [2.05, 4.69) is 4.98 Å². The van der Waals surface area contributed by atoms with Crippen molar-refractivity contribution in [1.29, 1.82) is 0 Å². The van der Waals surface area contributed by atoms with E-state index in [1.165, 1.54) is 16.2 Å². The first-order valence-corrected chi connectivity index (χ1v) is 7.29. The van der Waals surface area contributed by atoms with Crippen LogP contribution in [0.15, 0.2) is 5.38 Å². The number of hydrogen-bond acceptors (Lipinski definition) is 5. The number of aromatic nitrogens is 1. The molecule has 0 aromatic carbocycles. The number of nitrogens with zero attached hydrogens (tertiary/aromatic N) is 3. The molecule has 7 heteroatoms. The fourth-order valence-corrected chi connectivity index (χ4v) is 2.61. The number of amides is 1. The highest BCUT2D eigenvalue weighted by atomic mass is 32.1. The summed E-state index contributed by atoms with van der Waals surface area (Å²) in [7, 11) is 5.19. The van der Waals surface area contributed by atoms with Crippen molar-refractivity contribution in [2.24, 2.45) is 0 Å². The minimum absolute atomic E-state index is 0.0104. The van der Waals surface area contributed by atoms with Crippen LogP contribution in [-0.2, 0) is 22.6 Å². The van der Waals surface area contributed by atoms with Gasteiger partial charge < -0.3 is 10.0 Å². The van der Waals surface area contributed by atoms with Gasteiger partial charge in [0.25, 0.3) is 0 Å². The molecule has 0 radical (unpaired) electrons. The fraction of sp³-hybridized carbons (Fsp3) is 0.615. The molecule has 1 amide bonds. The molecular formula is C13H21N3O3S. The summed E-state index contributed by atoms with van der Waals surface area (Å²) >= 11 is 1.43. The summed E-state index contributed by atoms with van der Waals surface area (Å²) in [5, 5.41) is 11.7. The topological polar surface area (TPSA) is 73.7 Å². The number of hydrogen-bond donors (Lipinski definition) is 1. The van der Waals surface area contributed by atoms with E-state index in [1.807, 2.05) is 12.3 Å². The highest BCUT2D eigenvalue weighted by Crippen LogP contribution is 2.14. The molecule has 1 atom stereocenters. The summed E-state index contributed by atoms with van der Waals surface area (Å²) in [6.45, 7) is 2.31. The third-order valence-electron chi connectivity index (χ3n) is 3.02. The first-order valence-electron chi connectivity index (χ1n) is 6.41. The van der Waals surface area contributed by atoms with Crippen molar-refractivity contribution in [1.82, 2.24) is 14.8 Å². The lowest BCUT2D eigenvalue weighted by molar-refractivity contribution is -0.143. The van der Waals surface area contributed by atoms with E-state index in [9.17, 15) is 9.59 Å². The summed E-state index contributed by atoms with van der Waals surface area (Å²) in [5.41, 5.74) is 0.804. The predicted molar refractivity (Wildman–Crippen MR) is 77.7 cm³/mol. The lowest BCUT2D eigenvalue weighted by Gasteiger charge is -2.22. The Morgan fingerprint density at radius 2 is 2.05 bits per heavy atom. The molecule has 0 fully saturated rings. The molecule has 1 aromatic rings. The van der Waals surface area contributed by atoms with Crippen LogP contribution in [0.2, 0.25) is 0 Å².